The fourth-order valence-electron chi connectivity index (χ4n) is 3.18. The van der Waals surface area contributed by atoms with Gasteiger partial charge in [0, 0.05) is 17.0 Å². The lowest BCUT2D eigenvalue weighted by molar-refractivity contribution is -0.139. The molecular formula is C24H33O5PSi. The maximum Gasteiger partial charge on any atom is 0.305 e. The second-order valence-electron chi connectivity index (χ2n) is 9.41. The van der Waals surface area contributed by atoms with E-state index in [4.69, 9.17) is 4.43 Å². The van der Waals surface area contributed by atoms with Crippen molar-refractivity contribution in [1.29, 1.82) is 0 Å². The maximum atomic E-state index is 14.1. The Bertz CT molecular complexity index is 892. The number of Topliss-reactive ketones (excluding diaryl/α,β-unsaturated/α-hetero) is 1. The van der Waals surface area contributed by atoms with Crippen molar-refractivity contribution in [2.45, 2.75) is 57.8 Å². The molecule has 5 nitrogen and oxygen atoms in total. The van der Waals surface area contributed by atoms with Gasteiger partial charge in [-0.05, 0) is 18.1 Å². The van der Waals surface area contributed by atoms with Gasteiger partial charge in [0.15, 0.2) is 8.32 Å². The number of benzene rings is 2. The van der Waals surface area contributed by atoms with Crippen molar-refractivity contribution in [3.05, 3.63) is 60.7 Å². The summed E-state index contributed by atoms with van der Waals surface area (Å²) >= 11 is 0. The van der Waals surface area contributed by atoms with Gasteiger partial charge in [-0.3, -0.25) is 9.59 Å². The van der Waals surface area contributed by atoms with Crippen LogP contribution in [0.4, 0.5) is 0 Å². The normalized spacial score (nSPS) is 13.6. The lowest BCUT2D eigenvalue weighted by atomic mass is 10.1. The van der Waals surface area contributed by atoms with Gasteiger partial charge in [-0.25, -0.2) is 0 Å². The van der Waals surface area contributed by atoms with Gasteiger partial charge in [0.2, 0.25) is 0 Å². The second kappa shape index (κ2) is 10.1. The fraction of sp³-hybridized carbons (Fsp3) is 0.417. The third-order valence-electron chi connectivity index (χ3n) is 5.87. The van der Waals surface area contributed by atoms with Crippen molar-refractivity contribution in [3.8, 4) is 0 Å². The summed E-state index contributed by atoms with van der Waals surface area (Å²) in [5.74, 6) is -1.26. The molecule has 168 valence electrons. The Balaban J connectivity index is 2.29. The minimum absolute atomic E-state index is 0.0670. The van der Waals surface area contributed by atoms with Crippen molar-refractivity contribution in [2.75, 3.05) is 6.16 Å². The van der Waals surface area contributed by atoms with E-state index in [9.17, 15) is 19.3 Å². The van der Waals surface area contributed by atoms with E-state index >= 15 is 0 Å². The number of ketones is 1. The smallest absolute Gasteiger partial charge is 0.305 e. The largest absolute Gasteiger partial charge is 0.481 e. The molecule has 0 fully saturated rings. The van der Waals surface area contributed by atoms with Gasteiger partial charge in [-0.1, -0.05) is 81.4 Å². The third kappa shape index (κ3) is 6.73. The standard InChI is InChI=1S/C24H33O5PSi/c1-24(2,3)31(4,5)29-20(17-23(26)27)16-19(25)18-30(28,21-12-8-6-9-13-21)22-14-10-7-11-15-22/h6-15,20H,16-18H2,1-5H3,(H,26,27). The molecule has 2 aromatic carbocycles. The monoisotopic (exact) mass is 460 g/mol. The van der Waals surface area contributed by atoms with Crippen LogP contribution < -0.4 is 10.6 Å². The van der Waals surface area contributed by atoms with Gasteiger partial charge in [0.05, 0.1) is 18.7 Å². The molecular weight excluding hydrogens is 427 g/mol. The van der Waals surface area contributed by atoms with Crippen molar-refractivity contribution in [1.82, 2.24) is 0 Å². The van der Waals surface area contributed by atoms with Gasteiger partial charge in [-0.15, -0.1) is 0 Å². The van der Waals surface area contributed by atoms with E-state index in [2.05, 4.69) is 20.8 Å². The van der Waals surface area contributed by atoms with Crippen molar-refractivity contribution >= 4 is 37.8 Å². The molecule has 7 heteroatoms. The van der Waals surface area contributed by atoms with Crippen molar-refractivity contribution < 1.29 is 23.7 Å². The number of hydrogen-bond acceptors (Lipinski definition) is 4. The van der Waals surface area contributed by atoms with Crippen LogP contribution in [0.25, 0.3) is 0 Å². The molecule has 2 aromatic rings. The molecule has 1 N–H and O–H groups in total. The number of carbonyl (C=O) groups is 2. The Hall–Kier alpha value is -2.01. The molecule has 2 rings (SSSR count). The van der Waals surface area contributed by atoms with E-state index in [-0.39, 0.29) is 29.8 Å². The first-order valence-corrected chi connectivity index (χ1v) is 15.3. The molecule has 0 spiro atoms. The molecule has 0 saturated carbocycles. The zero-order valence-electron chi connectivity index (χ0n) is 19.0. The summed E-state index contributed by atoms with van der Waals surface area (Å²) in [6, 6.07) is 18.0. The lowest BCUT2D eigenvalue weighted by Gasteiger charge is -2.39. The Morgan fingerprint density at radius 3 is 1.77 bits per heavy atom. The summed E-state index contributed by atoms with van der Waals surface area (Å²) in [5.41, 5.74) is 0. The topological polar surface area (TPSA) is 80.7 Å². The molecule has 31 heavy (non-hydrogen) atoms. The third-order valence-corrected chi connectivity index (χ3v) is 13.5. The van der Waals surface area contributed by atoms with Crippen LogP contribution in [0.5, 0.6) is 0 Å². The SMILES string of the molecule is CC(C)(C)[Si](C)(C)OC(CC(=O)O)CC(=O)CP(=O)(c1ccccc1)c1ccccc1. The van der Waals surface area contributed by atoms with Crippen molar-refractivity contribution in [3.63, 3.8) is 0 Å². The van der Waals surface area contributed by atoms with Gasteiger partial charge in [0.1, 0.15) is 12.9 Å². The summed E-state index contributed by atoms with van der Waals surface area (Å²) in [4.78, 5) is 24.5. The molecule has 0 aliphatic rings. The molecule has 1 unspecified atom stereocenters. The molecule has 0 aromatic heterocycles. The van der Waals surface area contributed by atoms with Crippen LogP contribution in [0, 0.1) is 0 Å². The van der Waals surface area contributed by atoms with Gasteiger partial charge in [-0.2, -0.15) is 0 Å². The van der Waals surface area contributed by atoms with Crippen LogP contribution in [0.1, 0.15) is 33.6 Å². The van der Waals surface area contributed by atoms with Gasteiger partial charge < -0.3 is 14.1 Å². The average molecular weight is 461 g/mol. The molecule has 0 amide bonds. The zero-order chi connectivity index (χ0) is 23.3. The molecule has 0 aliphatic carbocycles. The highest BCUT2D eigenvalue weighted by Crippen LogP contribution is 2.44. The van der Waals surface area contributed by atoms with E-state index in [0.29, 0.717) is 10.6 Å². The summed E-state index contributed by atoms with van der Waals surface area (Å²) < 4.78 is 20.4. The van der Waals surface area contributed by atoms with E-state index in [0.717, 1.165) is 0 Å². The van der Waals surface area contributed by atoms with Crippen molar-refractivity contribution in [2.24, 2.45) is 0 Å². The number of hydrogen-bond donors (Lipinski definition) is 1. The van der Waals surface area contributed by atoms with E-state index < -0.39 is 27.5 Å². The highest BCUT2D eigenvalue weighted by molar-refractivity contribution is 7.79. The minimum atomic E-state index is -3.20. The summed E-state index contributed by atoms with van der Waals surface area (Å²) in [6.07, 6.45) is -1.20. The van der Waals surface area contributed by atoms with Crippen LogP contribution in [-0.2, 0) is 18.6 Å². The average Bonchev–Trinajstić information content (AvgIpc) is 2.67. The van der Waals surface area contributed by atoms with Gasteiger partial charge in [0.25, 0.3) is 0 Å². The zero-order valence-corrected chi connectivity index (χ0v) is 20.9. The van der Waals surface area contributed by atoms with Crippen LogP contribution >= 0.6 is 7.14 Å². The Labute approximate surface area is 186 Å². The number of rotatable bonds is 10. The summed E-state index contributed by atoms with van der Waals surface area (Å²) in [6.45, 7) is 10.3. The molecule has 0 radical (unpaired) electrons. The fourth-order valence-corrected chi connectivity index (χ4v) is 7.13. The maximum absolute atomic E-state index is 14.1. The predicted molar refractivity (Wildman–Crippen MR) is 129 cm³/mol. The molecule has 0 aliphatic heterocycles. The molecule has 0 heterocycles. The lowest BCUT2D eigenvalue weighted by Crippen LogP contribution is -2.45. The van der Waals surface area contributed by atoms with Crippen LogP contribution in [0.15, 0.2) is 60.7 Å². The first-order chi connectivity index (χ1) is 14.3. The minimum Gasteiger partial charge on any atom is -0.481 e. The van der Waals surface area contributed by atoms with E-state index in [1.165, 1.54) is 0 Å². The Kier molecular flexibility index (Phi) is 8.20. The van der Waals surface area contributed by atoms with E-state index in [1.807, 2.05) is 49.5 Å². The summed E-state index contributed by atoms with van der Waals surface area (Å²) in [5, 5.41) is 10.5. The number of carboxylic acids is 1. The van der Waals surface area contributed by atoms with Crippen LogP contribution in [0.3, 0.4) is 0 Å². The molecule has 1 atom stereocenters. The molecule has 0 saturated heterocycles. The first-order valence-electron chi connectivity index (χ1n) is 10.5. The van der Waals surface area contributed by atoms with E-state index in [1.54, 1.807) is 24.3 Å². The second-order valence-corrected chi connectivity index (χ2v) is 17.0. The molecule has 0 bridgehead atoms. The quantitative estimate of drug-likeness (QED) is 0.406. The predicted octanol–water partition coefficient (Wildman–Crippen LogP) is 4.82. The van der Waals surface area contributed by atoms with Gasteiger partial charge >= 0.3 is 5.97 Å². The Morgan fingerprint density at radius 1 is 0.935 bits per heavy atom. The summed E-state index contributed by atoms with van der Waals surface area (Å²) in [7, 11) is -5.47. The first kappa shape index (κ1) is 25.2. The highest BCUT2D eigenvalue weighted by atomic mass is 31.2. The Morgan fingerprint density at radius 2 is 1.39 bits per heavy atom. The number of carboxylic acid groups (broad SMARTS) is 1. The number of aliphatic carboxylic acids is 1. The van der Waals surface area contributed by atoms with Crippen LogP contribution in [-0.4, -0.2) is 37.4 Å². The van der Waals surface area contributed by atoms with Crippen LogP contribution in [0.2, 0.25) is 18.1 Å². The highest BCUT2D eigenvalue weighted by Gasteiger charge is 2.40. The number of carbonyl (C=O) groups excluding carboxylic acids is 1.